The van der Waals surface area contributed by atoms with Gasteiger partial charge < -0.3 is 29.5 Å². The highest BCUT2D eigenvalue weighted by Gasteiger charge is 2.24. The summed E-state index contributed by atoms with van der Waals surface area (Å²) in [4.78, 5) is 28.4. The average Bonchev–Trinajstić information content (AvgIpc) is 3.02. The molecule has 3 aromatic carbocycles. The highest BCUT2D eigenvalue weighted by atomic mass is 16.5. The monoisotopic (exact) mass is 578 g/mol. The van der Waals surface area contributed by atoms with Crippen LogP contribution in [0.15, 0.2) is 67.1 Å². The molecule has 0 spiro atoms. The van der Waals surface area contributed by atoms with Gasteiger partial charge in [0.25, 0.3) is 0 Å². The van der Waals surface area contributed by atoms with Gasteiger partial charge in [-0.2, -0.15) is 0 Å². The summed E-state index contributed by atoms with van der Waals surface area (Å²) in [7, 11) is 2.06. The first-order chi connectivity index (χ1) is 21.0. The van der Waals surface area contributed by atoms with Gasteiger partial charge >= 0.3 is 6.03 Å². The van der Waals surface area contributed by atoms with E-state index in [2.05, 4.69) is 69.5 Å². The van der Waals surface area contributed by atoms with E-state index in [0.29, 0.717) is 32.8 Å². The molecule has 2 aliphatic heterocycles. The van der Waals surface area contributed by atoms with E-state index in [1.807, 2.05) is 48.2 Å². The summed E-state index contributed by atoms with van der Waals surface area (Å²) in [5.41, 5.74) is 5.02. The second-order valence-electron chi connectivity index (χ2n) is 11.1. The summed E-state index contributed by atoms with van der Waals surface area (Å²) >= 11 is 0. The number of ether oxygens (including phenoxy) is 2. The van der Waals surface area contributed by atoms with E-state index in [1.165, 1.54) is 5.56 Å². The molecule has 1 saturated heterocycles. The maximum atomic E-state index is 13.1. The smallest absolute Gasteiger partial charge is 0.321 e. The number of aryl methyl sites for hydroxylation is 1. The van der Waals surface area contributed by atoms with Gasteiger partial charge in [-0.05, 0) is 79.2 Å². The quantitative estimate of drug-likeness (QED) is 0.234. The SMILES string of the molecule is CCCCOc1cc2c(N3CCN(C(=O)Nc4ccc(Oc5cccc6c5C=CN(C)C6)cc4)CC3)ncnc2cc1C. The molecular formula is C34H38N6O3. The van der Waals surface area contributed by atoms with Crippen LogP contribution in [0.4, 0.5) is 16.3 Å². The molecule has 4 aromatic rings. The fourth-order valence-electron chi connectivity index (χ4n) is 5.49. The fourth-order valence-corrected chi connectivity index (χ4v) is 5.49. The van der Waals surface area contributed by atoms with Crippen molar-refractivity contribution in [2.75, 3.05) is 50.1 Å². The van der Waals surface area contributed by atoms with Crippen molar-refractivity contribution in [1.29, 1.82) is 0 Å². The van der Waals surface area contributed by atoms with Gasteiger partial charge in [0.15, 0.2) is 0 Å². The van der Waals surface area contributed by atoms with Crippen molar-refractivity contribution in [2.24, 2.45) is 0 Å². The normalized spacial score (nSPS) is 14.5. The molecule has 0 atom stereocenters. The lowest BCUT2D eigenvalue weighted by Crippen LogP contribution is -2.50. The summed E-state index contributed by atoms with van der Waals surface area (Å²) in [6.45, 7) is 8.29. The van der Waals surface area contributed by atoms with Crippen molar-refractivity contribution < 1.29 is 14.3 Å². The topological polar surface area (TPSA) is 83.1 Å². The molecule has 0 saturated carbocycles. The number of hydrogen-bond acceptors (Lipinski definition) is 7. The molecule has 0 bridgehead atoms. The van der Waals surface area contributed by atoms with Crippen LogP contribution in [0.25, 0.3) is 17.0 Å². The summed E-state index contributed by atoms with van der Waals surface area (Å²) in [5.74, 6) is 3.30. The van der Waals surface area contributed by atoms with Crippen LogP contribution in [0, 0.1) is 6.92 Å². The Morgan fingerprint density at radius 3 is 2.60 bits per heavy atom. The number of rotatable bonds is 8. The minimum absolute atomic E-state index is 0.116. The number of urea groups is 1. The molecule has 43 heavy (non-hydrogen) atoms. The Kier molecular flexibility index (Phi) is 8.31. The lowest BCUT2D eigenvalue weighted by Gasteiger charge is -2.35. The largest absolute Gasteiger partial charge is 0.493 e. The van der Waals surface area contributed by atoms with Crippen LogP contribution < -0.4 is 19.7 Å². The summed E-state index contributed by atoms with van der Waals surface area (Å²) in [6, 6.07) is 17.6. The maximum absolute atomic E-state index is 13.1. The first-order valence-corrected chi connectivity index (χ1v) is 15.0. The number of carbonyl (C=O) groups is 1. The number of aromatic nitrogens is 2. The Bertz CT molecular complexity index is 1630. The number of amides is 2. The predicted octanol–water partition coefficient (Wildman–Crippen LogP) is 6.68. The highest BCUT2D eigenvalue weighted by Crippen LogP contribution is 2.33. The number of nitrogens with one attached hydrogen (secondary N) is 1. The van der Waals surface area contributed by atoms with Crippen molar-refractivity contribution in [3.63, 3.8) is 0 Å². The van der Waals surface area contributed by atoms with Gasteiger partial charge in [-0.25, -0.2) is 14.8 Å². The van der Waals surface area contributed by atoms with Crippen molar-refractivity contribution in [3.05, 3.63) is 83.8 Å². The van der Waals surface area contributed by atoms with E-state index < -0.39 is 0 Å². The molecule has 6 rings (SSSR count). The molecule has 1 fully saturated rings. The van der Waals surface area contributed by atoms with Crippen LogP contribution in [0.3, 0.4) is 0 Å². The van der Waals surface area contributed by atoms with Gasteiger partial charge in [-0.3, -0.25) is 0 Å². The number of nitrogens with zero attached hydrogens (tertiary/aromatic N) is 5. The summed E-state index contributed by atoms with van der Waals surface area (Å²) in [6.07, 6.45) is 7.86. The molecule has 0 radical (unpaired) electrons. The van der Waals surface area contributed by atoms with E-state index in [1.54, 1.807) is 6.33 Å². The zero-order valence-electron chi connectivity index (χ0n) is 25.0. The van der Waals surface area contributed by atoms with E-state index in [4.69, 9.17) is 9.47 Å². The number of anilines is 2. The third-order valence-corrected chi connectivity index (χ3v) is 7.94. The molecule has 222 valence electrons. The van der Waals surface area contributed by atoms with Crippen molar-refractivity contribution in [1.82, 2.24) is 19.8 Å². The molecule has 1 aromatic heterocycles. The van der Waals surface area contributed by atoms with Crippen LogP contribution in [0.2, 0.25) is 0 Å². The molecule has 9 heteroatoms. The number of hydrogen-bond donors (Lipinski definition) is 1. The third kappa shape index (κ3) is 6.35. The van der Waals surface area contributed by atoms with Crippen molar-refractivity contribution >= 4 is 34.5 Å². The lowest BCUT2D eigenvalue weighted by molar-refractivity contribution is 0.208. The molecule has 0 unspecified atom stereocenters. The number of benzene rings is 3. The molecule has 2 aliphatic rings. The van der Waals surface area contributed by atoms with E-state index in [9.17, 15) is 4.79 Å². The Labute approximate surface area is 252 Å². The number of unbranched alkanes of at least 4 members (excludes halogenated alkanes) is 1. The summed E-state index contributed by atoms with van der Waals surface area (Å²) < 4.78 is 12.2. The predicted molar refractivity (Wildman–Crippen MR) is 171 cm³/mol. The lowest BCUT2D eigenvalue weighted by atomic mass is 10.0. The van der Waals surface area contributed by atoms with E-state index in [-0.39, 0.29) is 6.03 Å². The first-order valence-electron chi connectivity index (χ1n) is 15.0. The van der Waals surface area contributed by atoms with Crippen LogP contribution in [0.5, 0.6) is 17.2 Å². The molecular weight excluding hydrogens is 540 g/mol. The third-order valence-electron chi connectivity index (χ3n) is 7.94. The number of fused-ring (bicyclic) bond motifs is 2. The Hall–Kier alpha value is -4.79. The Morgan fingerprint density at radius 2 is 1.81 bits per heavy atom. The average molecular weight is 579 g/mol. The second kappa shape index (κ2) is 12.6. The minimum Gasteiger partial charge on any atom is -0.493 e. The fraction of sp³-hybridized carbons (Fsp3) is 0.324. The first kappa shape index (κ1) is 28.3. The zero-order valence-corrected chi connectivity index (χ0v) is 25.0. The van der Waals surface area contributed by atoms with Crippen LogP contribution in [-0.2, 0) is 6.54 Å². The highest BCUT2D eigenvalue weighted by molar-refractivity contribution is 5.92. The second-order valence-corrected chi connectivity index (χ2v) is 11.1. The van der Waals surface area contributed by atoms with Crippen molar-refractivity contribution in [2.45, 2.75) is 33.2 Å². The van der Waals surface area contributed by atoms with Crippen molar-refractivity contribution in [3.8, 4) is 17.2 Å². The number of carbonyl (C=O) groups excluding carboxylic acids is 1. The van der Waals surface area contributed by atoms with E-state index >= 15 is 0 Å². The maximum Gasteiger partial charge on any atom is 0.321 e. The molecule has 3 heterocycles. The molecule has 9 nitrogen and oxygen atoms in total. The van der Waals surface area contributed by atoms with Crippen LogP contribution in [-0.4, -0.2) is 65.6 Å². The standard InChI is InChI=1S/C34H38N6O3/c1-4-5-19-42-32-21-29-30(20-24(32)2)35-23-36-33(29)39-15-17-40(18-16-39)34(41)37-26-9-11-27(12-10-26)43-31-8-6-7-25-22-38(3)14-13-28(25)31/h6-14,20-21,23H,4-5,15-19,22H2,1-3H3,(H,37,41). The molecule has 2 amide bonds. The van der Waals surface area contributed by atoms with Gasteiger partial charge in [0.2, 0.25) is 0 Å². The Balaban J connectivity index is 1.06. The minimum atomic E-state index is -0.116. The van der Waals surface area contributed by atoms with Crippen LogP contribution >= 0.6 is 0 Å². The van der Waals surface area contributed by atoms with Gasteiger partial charge in [0.05, 0.1) is 12.1 Å². The zero-order chi connectivity index (χ0) is 29.8. The molecule has 0 aliphatic carbocycles. The van der Waals surface area contributed by atoms with Gasteiger partial charge in [-0.1, -0.05) is 25.5 Å². The van der Waals surface area contributed by atoms with Gasteiger partial charge in [-0.15, -0.1) is 0 Å². The number of piperazine rings is 1. The summed E-state index contributed by atoms with van der Waals surface area (Å²) in [5, 5.41) is 4.01. The molecule has 1 N–H and O–H groups in total. The van der Waals surface area contributed by atoms with Gasteiger partial charge in [0.1, 0.15) is 29.4 Å². The van der Waals surface area contributed by atoms with Crippen LogP contribution in [0.1, 0.15) is 36.5 Å². The Morgan fingerprint density at radius 1 is 1.00 bits per heavy atom. The van der Waals surface area contributed by atoms with E-state index in [0.717, 1.165) is 70.2 Å². The van der Waals surface area contributed by atoms with Gasteiger partial charge in [0, 0.05) is 56.4 Å².